The molecule has 0 bridgehead atoms. The molecule has 12 rings (SSSR count). The molecule has 0 amide bonds. The van der Waals surface area contributed by atoms with Gasteiger partial charge in [0.1, 0.15) is 0 Å². The summed E-state index contributed by atoms with van der Waals surface area (Å²) in [7, 11) is 0. The maximum atomic E-state index is 4.55. The van der Waals surface area contributed by atoms with E-state index in [1.54, 1.807) is 0 Å². The summed E-state index contributed by atoms with van der Waals surface area (Å²) < 4.78 is 0. The molecular formula is C57H41N3. The van der Waals surface area contributed by atoms with Crippen molar-refractivity contribution in [3.05, 3.63) is 279 Å². The fourth-order valence-electron chi connectivity index (χ4n) is 11.3. The Morgan fingerprint density at radius 3 is 1.33 bits per heavy atom. The molecule has 2 spiro atoms. The minimum absolute atomic E-state index is 0.0262. The van der Waals surface area contributed by atoms with Crippen molar-refractivity contribution < 1.29 is 0 Å². The molecule has 1 aromatic heterocycles. The number of anilines is 3. The van der Waals surface area contributed by atoms with Crippen molar-refractivity contribution in [2.24, 2.45) is 0 Å². The summed E-state index contributed by atoms with van der Waals surface area (Å²) >= 11 is 0. The SMILES string of the molecule is Cc1ccc2c(c1)C1(c3cc(C)ccc3C2c2ccc(-c3ncccn3)cc2)c2ccccc2C2(c3ccccc3N(c3ccccc3)c3ccccc32)c2ccccc21. The van der Waals surface area contributed by atoms with Crippen molar-refractivity contribution in [2.75, 3.05) is 4.90 Å². The number of rotatable bonds is 3. The Bertz CT molecular complexity index is 2980. The van der Waals surface area contributed by atoms with E-state index in [1.807, 2.05) is 18.5 Å². The zero-order valence-electron chi connectivity index (χ0n) is 33.5. The van der Waals surface area contributed by atoms with E-state index in [-0.39, 0.29) is 5.92 Å². The highest BCUT2D eigenvalue weighted by Gasteiger charge is 2.58. The molecule has 1 aliphatic heterocycles. The Balaban J connectivity index is 1.19. The highest BCUT2D eigenvalue weighted by Crippen LogP contribution is 2.67. The molecule has 0 saturated heterocycles. The maximum absolute atomic E-state index is 4.55. The quantitative estimate of drug-likeness (QED) is 0.179. The molecule has 0 saturated carbocycles. The lowest BCUT2D eigenvalue weighted by molar-refractivity contribution is 0.590. The standard InChI is InChI=1S/C57H41N3/c1-37-25-31-42-50(35-37)57(51-36-38(2)26-32-43(51)54(42)39-27-29-40(30-28-39)55-58-33-14-34-59-55)46-19-8-6-17-44(46)56(45-18-7-9-20-47(45)57)48-21-10-12-23-52(48)60(41-15-4-3-5-16-41)53-24-13-11-22-49(53)56/h3-36,54H,1-2H3. The zero-order valence-corrected chi connectivity index (χ0v) is 33.5. The van der Waals surface area contributed by atoms with Crippen LogP contribution in [0.1, 0.15) is 78.2 Å². The van der Waals surface area contributed by atoms with E-state index in [4.69, 9.17) is 0 Å². The van der Waals surface area contributed by atoms with Gasteiger partial charge in [0.2, 0.25) is 0 Å². The van der Waals surface area contributed by atoms with Crippen LogP contribution in [-0.2, 0) is 10.8 Å². The molecule has 0 unspecified atom stereocenters. The molecule has 284 valence electrons. The molecule has 3 aliphatic rings. The zero-order chi connectivity index (χ0) is 40.0. The second-order valence-corrected chi connectivity index (χ2v) is 16.6. The normalized spacial score (nSPS) is 15.0. The van der Waals surface area contributed by atoms with Crippen LogP contribution in [0.4, 0.5) is 17.1 Å². The van der Waals surface area contributed by atoms with E-state index in [0.29, 0.717) is 0 Å². The first kappa shape index (κ1) is 34.7. The van der Waals surface area contributed by atoms with Crippen molar-refractivity contribution >= 4 is 17.1 Å². The average molecular weight is 768 g/mol. The molecule has 9 aromatic rings. The van der Waals surface area contributed by atoms with E-state index >= 15 is 0 Å². The molecule has 0 radical (unpaired) electrons. The number of aromatic nitrogens is 2. The van der Waals surface area contributed by atoms with Gasteiger partial charge in [0.05, 0.1) is 22.2 Å². The highest BCUT2D eigenvalue weighted by atomic mass is 15.2. The molecule has 8 aromatic carbocycles. The second-order valence-electron chi connectivity index (χ2n) is 16.6. The van der Waals surface area contributed by atoms with Gasteiger partial charge in [-0.15, -0.1) is 0 Å². The molecule has 3 nitrogen and oxygen atoms in total. The van der Waals surface area contributed by atoms with Crippen molar-refractivity contribution in [1.82, 2.24) is 9.97 Å². The Kier molecular flexibility index (Phi) is 7.55. The summed E-state index contributed by atoms with van der Waals surface area (Å²) in [5, 5.41) is 0. The number of hydrogen-bond donors (Lipinski definition) is 0. The van der Waals surface area contributed by atoms with Crippen molar-refractivity contribution in [3.8, 4) is 11.4 Å². The van der Waals surface area contributed by atoms with Gasteiger partial charge in [-0.2, -0.15) is 0 Å². The van der Waals surface area contributed by atoms with Crippen LogP contribution in [0.2, 0.25) is 0 Å². The lowest BCUT2D eigenvalue weighted by Crippen LogP contribution is -2.49. The summed E-state index contributed by atoms with van der Waals surface area (Å²) in [5.74, 6) is 0.763. The largest absolute Gasteiger partial charge is 0.310 e. The topological polar surface area (TPSA) is 29.0 Å². The van der Waals surface area contributed by atoms with Gasteiger partial charge < -0.3 is 4.90 Å². The summed E-state index contributed by atoms with van der Waals surface area (Å²) in [6.45, 7) is 4.49. The molecule has 0 fully saturated rings. The smallest absolute Gasteiger partial charge is 0.159 e. The van der Waals surface area contributed by atoms with Crippen molar-refractivity contribution in [3.63, 3.8) is 0 Å². The van der Waals surface area contributed by atoms with Crippen LogP contribution in [0.15, 0.2) is 207 Å². The van der Waals surface area contributed by atoms with Crippen LogP contribution in [0.25, 0.3) is 11.4 Å². The Labute approximate surface area is 351 Å². The highest BCUT2D eigenvalue weighted by molar-refractivity contribution is 5.92. The number of aryl methyl sites for hydroxylation is 2. The van der Waals surface area contributed by atoms with Crippen LogP contribution < -0.4 is 4.90 Å². The predicted octanol–water partition coefficient (Wildman–Crippen LogP) is 13.1. The fraction of sp³-hybridized carbons (Fsp3) is 0.0877. The van der Waals surface area contributed by atoms with Crippen molar-refractivity contribution in [1.29, 1.82) is 0 Å². The van der Waals surface area contributed by atoms with Crippen LogP contribution in [0, 0.1) is 13.8 Å². The maximum Gasteiger partial charge on any atom is 0.159 e. The van der Waals surface area contributed by atoms with E-state index in [0.717, 1.165) is 17.1 Å². The van der Waals surface area contributed by atoms with Crippen LogP contribution in [-0.4, -0.2) is 9.97 Å². The molecule has 2 aliphatic carbocycles. The minimum atomic E-state index is -0.601. The second kappa shape index (κ2) is 13.1. The number of nitrogens with zero attached hydrogens (tertiary/aromatic N) is 3. The van der Waals surface area contributed by atoms with Gasteiger partial charge in [-0.05, 0) is 105 Å². The Morgan fingerprint density at radius 1 is 0.400 bits per heavy atom. The Hall–Kier alpha value is -7.36. The lowest BCUT2D eigenvalue weighted by atomic mass is 9.47. The number of hydrogen-bond acceptors (Lipinski definition) is 3. The van der Waals surface area contributed by atoms with Crippen LogP contribution >= 0.6 is 0 Å². The van der Waals surface area contributed by atoms with Crippen LogP contribution in [0.3, 0.4) is 0 Å². The van der Waals surface area contributed by atoms with Gasteiger partial charge in [0.15, 0.2) is 5.82 Å². The van der Waals surface area contributed by atoms with Gasteiger partial charge in [-0.1, -0.05) is 175 Å². The van der Waals surface area contributed by atoms with Gasteiger partial charge in [-0.3, -0.25) is 0 Å². The van der Waals surface area contributed by atoms with Crippen LogP contribution in [0.5, 0.6) is 0 Å². The molecule has 2 heterocycles. The Morgan fingerprint density at radius 2 is 0.833 bits per heavy atom. The summed E-state index contributed by atoms with van der Waals surface area (Å²) in [5.41, 5.74) is 20.3. The van der Waals surface area contributed by atoms with Gasteiger partial charge in [0.25, 0.3) is 0 Å². The third-order valence-electron chi connectivity index (χ3n) is 13.5. The monoisotopic (exact) mass is 767 g/mol. The summed E-state index contributed by atoms with van der Waals surface area (Å²) in [6, 6.07) is 73.0. The summed E-state index contributed by atoms with van der Waals surface area (Å²) in [6.07, 6.45) is 3.61. The molecule has 3 heteroatoms. The van der Waals surface area contributed by atoms with Crippen molar-refractivity contribution in [2.45, 2.75) is 30.6 Å². The number of fused-ring (bicyclic) bond motifs is 14. The van der Waals surface area contributed by atoms with Gasteiger partial charge in [-0.25, -0.2) is 9.97 Å². The lowest BCUT2D eigenvalue weighted by Gasteiger charge is -2.56. The predicted molar refractivity (Wildman–Crippen MR) is 243 cm³/mol. The van der Waals surface area contributed by atoms with Gasteiger partial charge in [0, 0.05) is 29.6 Å². The first-order valence-corrected chi connectivity index (χ1v) is 20.9. The molecule has 0 atom stereocenters. The van der Waals surface area contributed by atoms with E-state index in [2.05, 4.69) is 217 Å². The van der Waals surface area contributed by atoms with E-state index < -0.39 is 10.8 Å². The number of para-hydroxylation sites is 3. The average Bonchev–Trinajstić information content (AvgIpc) is 3.31. The number of benzene rings is 8. The third kappa shape index (κ3) is 4.60. The third-order valence-corrected chi connectivity index (χ3v) is 13.5. The summed E-state index contributed by atoms with van der Waals surface area (Å²) in [4.78, 5) is 11.6. The van der Waals surface area contributed by atoms with Gasteiger partial charge >= 0.3 is 0 Å². The fourth-order valence-corrected chi connectivity index (χ4v) is 11.3. The molecular weight excluding hydrogens is 727 g/mol. The first-order chi connectivity index (χ1) is 29.6. The minimum Gasteiger partial charge on any atom is -0.310 e. The molecule has 0 N–H and O–H groups in total. The van der Waals surface area contributed by atoms with E-state index in [1.165, 1.54) is 83.7 Å². The van der Waals surface area contributed by atoms with E-state index in [9.17, 15) is 0 Å². The first-order valence-electron chi connectivity index (χ1n) is 20.9. The molecule has 60 heavy (non-hydrogen) atoms.